The Labute approximate surface area is 645 Å². The van der Waals surface area contributed by atoms with Gasteiger partial charge in [-0.1, -0.05) is 299 Å². The molecule has 0 aliphatic rings. The van der Waals surface area contributed by atoms with Gasteiger partial charge in [-0.3, -0.25) is 4.79 Å². The first-order chi connectivity index (χ1) is 53.0. The lowest BCUT2D eigenvalue weighted by atomic mass is 10.0. The predicted octanol–water partition coefficient (Wildman–Crippen LogP) is 21.8. The Hall–Kier alpha value is -11.4. The van der Waals surface area contributed by atoms with Crippen LogP contribution in [-0.2, 0) is 15.3 Å². The molecule has 11 heteroatoms. The predicted molar refractivity (Wildman–Crippen MR) is 472 cm³/mol. The topological polar surface area (TPSA) is 59.6 Å². The number of rotatable bonds is 19. The van der Waals surface area contributed by atoms with Crippen LogP contribution in [0.5, 0.6) is 11.5 Å². The number of carbonyl (C=O) groups excluding carboxylic acids is 1. The standard InChI is InChI=1S/C46H41NOSi2.C30H29NO2Si.C22H23NOSi/c1-4-35-23-25-36(26-24-35)37-27-31-41(32-28-37)49(2,39-15-7-5-8-16-39)48-50(3,40-17-9-6-10-18-40)42-33-29-38(30-34-42)47-45-21-13-11-19-43(45)44-20-12-14-22-46(44)47;1-4-9-30(32)33-23-16-20-25(21-17-23)34(2,3)24-18-14-22(15-19-24)31-28-12-7-5-10-26(28)27-11-6-8-13-29(27)31;1-4-25(2,3)24-18-15-13-17(14-16-18)23-21-11-7-5-9-19(21)20-10-6-8-12-22(20)23/h5-34H,4H2,1-3H3;5-8,10-21H,4,9H2,1-3H3;5-16H,4H2,1-3H3. The molecule has 540 valence electrons. The van der Waals surface area contributed by atoms with Gasteiger partial charge in [-0.2, -0.15) is 0 Å². The zero-order valence-corrected chi connectivity index (χ0v) is 67.8. The summed E-state index contributed by atoms with van der Waals surface area (Å²) in [5, 5.41) is 15.4. The number of carbonyl (C=O) groups is 1. The van der Waals surface area contributed by atoms with Crippen molar-refractivity contribution in [2.24, 2.45) is 0 Å². The van der Waals surface area contributed by atoms with Crippen LogP contribution in [0.15, 0.2) is 352 Å². The Kier molecular flexibility index (Phi) is 21.1. The van der Waals surface area contributed by atoms with E-state index in [0.29, 0.717) is 12.2 Å². The van der Waals surface area contributed by atoms with Crippen LogP contribution in [0, 0.1) is 0 Å². The number of esters is 1. The molecule has 0 aliphatic carbocycles. The second-order valence-corrected chi connectivity index (χ2v) is 45.9. The number of ether oxygens (including phenoxy) is 1. The normalized spacial score (nSPS) is 12.8. The van der Waals surface area contributed by atoms with Crippen LogP contribution in [0.25, 0.3) is 93.6 Å². The average Bonchev–Trinajstić information content (AvgIpc) is 1.08. The summed E-state index contributed by atoms with van der Waals surface area (Å²) in [6.45, 7) is 20.4. The van der Waals surface area contributed by atoms with Crippen molar-refractivity contribution in [3.63, 3.8) is 0 Å². The number of aryl methyl sites for hydroxylation is 1. The highest BCUT2D eigenvalue weighted by Gasteiger charge is 2.45. The van der Waals surface area contributed by atoms with Gasteiger partial charge in [-0.15, -0.1) is 0 Å². The van der Waals surface area contributed by atoms with Crippen molar-refractivity contribution in [3.8, 4) is 39.7 Å². The first kappa shape index (κ1) is 73.1. The smallest absolute Gasteiger partial charge is 0.311 e. The maximum atomic E-state index is 11.8. The molecule has 0 bridgehead atoms. The van der Waals surface area contributed by atoms with E-state index >= 15 is 0 Å². The minimum atomic E-state index is -2.75. The van der Waals surface area contributed by atoms with E-state index < -0.39 is 33.0 Å². The van der Waals surface area contributed by atoms with Crippen LogP contribution in [0.2, 0.25) is 45.3 Å². The summed E-state index contributed by atoms with van der Waals surface area (Å²) in [5.41, 5.74) is 14.7. The second-order valence-electron chi connectivity index (χ2n) is 29.8. The molecule has 0 fully saturated rings. The number of hydrogen-bond donors (Lipinski definition) is 0. The molecule has 0 saturated carbocycles. The minimum absolute atomic E-state index is 0.174. The van der Waals surface area contributed by atoms with Gasteiger partial charge in [0.15, 0.2) is 0 Å². The van der Waals surface area contributed by atoms with Crippen molar-refractivity contribution < 1.29 is 18.1 Å². The molecule has 3 heterocycles. The molecule has 0 saturated heterocycles. The van der Waals surface area contributed by atoms with Gasteiger partial charge < -0.3 is 27.0 Å². The minimum Gasteiger partial charge on any atom is -0.544 e. The largest absolute Gasteiger partial charge is 0.544 e. The van der Waals surface area contributed by atoms with Crippen LogP contribution < -0.4 is 40.3 Å². The van der Waals surface area contributed by atoms with Crippen LogP contribution >= 0.6 is 0 Å². The monoisotopic (exact) mass is 1490 g/mol. The lowest BCUT2D eigenvalue weighted by Crippen LogP contribution is -2.70. The molecule has 7 nitrogen and oxygen atoms in total. The molecule has 3 aromatic heterocycles. The molecule has 14 aromatic carbocycles. The van der Waals surface area contributed by atoms with Crippen molar-refractivity contribution in [2.75, 3.05) is 0 Å². The van der Waals surface area contributed by atoms with E-state index in [1.165, 1.54) is 125 Å². The number of fused-ring (bicyclic) bond motifs is 9. The van der Waals surface area contributed by atoms with Gasteiger partial charge in [0, 0.05) is 55.8 Å². The fraction of sp³-hybridized carbons (Fsp3) is 0.133. The highest BCUT2D eigenvalue weighted by Crippen LogP contribution is 2.36. The number of para-hydroxylation sites is 6. The quantitative estimate of drug-likeness (QED) is 0.0460. The zero-order chi connectivity index (χ0) is 75.3. The Morgan fingerprint density at radius 2 is 0.587 bits per heavy atom. The first-order valence-corrected chi connectivity index (χ1v) is 49.3. The molecule has 109 heavy (non-hydrogen) atoms. The van der Waals surface area contributed by atoms with Crippen molar-refractivity contribution in [2.45, 2.75) is 85.4 Å². The Balaban J connectivity index is 0.000000139. The van der Waals surface area contributed by atoms with Crippen LogP contribution in [0.3, 0.4) is 0 Å². The van der Waals surface area contributed by atoms with Crippen molar-refractivity contribution in [1.29, 1.82) is 0 Å². The van der Waals surface area contributed by atoms with Gasteiger partial charge in [0.25, 0.3) is 0 Å². The average molecular weight is 1490 g/mol. The molecule has 0 aliphatic heterocycles. The lowest BCUT2D eigenvalue weighted by Gasteiger charge is -2.39. The molecule has 0 spiro atoms. The van der Waals surface area contributed by atoms with Crippen LogP contribution in [-0.4, -0.2) is 52.7 Å². The summed E-state index contributed by atoms with van der Waals surface area (Å²) < 4.78 is 26.6. The van der Waals surface area contributed by atoms with Crippen LogP contribution in [0.1, 0.15) is 39.2 Å². The first-order valence-electron chi connectivity index (χ1n) is 38.3. The van der Waals surface area contributed by atoms with E-state index in [9.17, 15) is 4.79 Å². The molecule has 0 radical (unpaired) electrons. The third-order valence-corrected chi connectivity index (χ3v) is 37.1. The summed E-state index contributed by atoms with van der Waals surface area (Å²) in [6.07, 6.45) is 2.28. The summed E-state index contributed by atoms with van der Waals surface area (Å²) in [7, 11) is -8.97. The molecule has 17 aromatic rings. The second kappa shape index (κ2) is 31.4. The Morgan fingerprint density at radius 1 is 0.303 bits per heavy atom. The number of aromatic nitrogens is 3. The Bertz CT molecular complexity index is 5860. The number of nitrogens with zero attached hydrogens (tertiary/aromatic N) is 3. The van der Waals surface area contributed by atoms with Crippen LogP contribution in [0.4, 0.5) is 0 Å². The highest BCUT2D eigenvalue weighted by atomic mass is 28.4. The summed E-state index contributed by atoms with van der Waals surface area (Å²) >= 11 is 0. The Morgan fingerprint density at radius 3 is 0.927 bits per heavy atom. The van der Waals surface area contributed by atoms with Crippen molar-refractivity contribution in [3.05, 3.63) is 357 Å². The highest BCUT2D eigenvalue weighted by molar-refractivity contribution is 7.08. The fourth-order valence-electron chi connectivity index (χ4n) is 15.5. The third kappa shape index (κ3) is 14.8. The van der Waals surface area contributed by atoms with E-state index in [0.717, 1.165) is 30.3 Å². The van der Waals surface area contributed by atoms with E-state index in [4.69, 9.17) is 13.3 Å². The van der Waals surface area contributed by atoms with Crippen molar-refractivity contribution in [1.82, 2.24) is 13.7 Å². The summed E-state index contributed by atoms with van der Waals surface area (Å²) in [4.78, 5) is 11.8. The molecule has 2 unspecified atom stereocenters. The van der Waals surface area contributed by atoms with Crippen molar-refractivity contribution >= 4 is 136 Å². The van der Waals surface area contributed by atoms with Gasteiger partial charge >= 0.3 is 5.97 Å². The van der Waals surface area contributed by atoms with E-state index in [1.807, 2.05) is 19.1 Å². The SMILES string of the molecule is CCCC(=O)Oc1ccc([Si](C)(C)c2ccc(-n3c4ccccc4c4ccccc43)cc2)cc1.CC[Si](C)(C)Oc1ccc(-n2c3ccccc3c3ccccc32)cc1.CCc1ccc(-c2ccc([Si](C)(O[Si](C)(c3ccccc3)c3ccc(-n4c5ccccc5c5ccccc54)cc3)c3ccccc3)cc2)cc1. The molecule has 0 amide bonds. The zero-order valence-electron chi connectivity index (χ0n) is 63.8. The van der Waals surface area contributed by atoms with Gasteiger partial charge in [-0.05, 0) is 180 Å². The van der Waals surface area contributed by atoms with Gasteiger partial charge in [0.05, 0.1) is 33.1 Å². The summed E-state index contributed by atoms with van der Waals surface area (Å²) in [5.74, 6) is 1.42. The van der Waals surface area contributed by atoms with Gasteiger partial charge in [0.2, 0.25) is 25.0 Å². The fourth-order valence-corrected chi connectivity index (χ4v) is 27.8. The maximum absolute atomic E-state index is 11.8. The lowest BCUT2D eigenvalue weighted by molar-refractivity contribution is -0.134. The van der Waals surface area contributed by atoms with E-state index in [2.05, 4.69) is 407 Å². The number of hydrogen-bond acceptors (Lipinski definition) is 4. The molecule has 2 atom stereocenters. The molecular weight excluding hydrogens is 1400 g/mol. The van der Waals surface area contributed by atoms with Gasteiger partial charge in [-0.25, -0.2) is 0 Å². The number of benzene rings is 14. The third-order valence-electron chi connectivity index (χ3n) is 22.1. The molecule has 17 rings (SSSR count). The van der Waals surface area contributed by atoms with Gasteiger partial charge in [0.1, 0.15) is 19.6 Å². The van der Waals surface area contributed by atoms with E-state index in [-0.39, 0.29) is 5.97 Å². The molecule has 0 N–H and O–H groups in total. The van der Waals surface area contributed by atoms with E-state index in [1.54, 1.807) is 0 Å². The maximum Gasteiger partial charge on any atom is 0.311 e. The molecular formula is C98H93N3O4Si4. The summed E-state index contributed by atoms with van der Waals surface area (Å²) in [6, 6.07) is 128.